The van der Waals surface area contributed by atoms with Gasteiger partial charge in [0.15, 0.2) is 0 Å². The van der Waals surface area contributed by atoms with Gasteiger partial charge in [-0.2, -0.15) is 0 Å². The number of carbonyl (C=O) groups is 2. The molecule has 0 spiro atoms. The second kappa shape index (κ2) is 16.7. The Bertz CT molecular complexity index is 1550. The number of amides is 2. The summed E-state index contributed by atoms with van der Waals surface area (Å²) in [6, 6.07) is 32.7. The van der Waals surface area contributed by atoms with Crippen molar-refractivity contribution in [2.45, 2.75) is 45.3 Å². The van der Waals surface area contributed by atoms with Crippen molar-refractivity contribution in [2.24, 2.45) is 17.6 Å². The van der Waals surface area contributed by atoms with Gasteiger partial charge in [-0.3, -0.25) is 9.59 Å². The third kappa shape index (κ3) is 9.77. The van der Waals surface area contributed by atoms with E-state index in [-0.39, 0.29) is 24.2 Å². The predicted molar refractivity (Wildman–Crippen MR) is 182 cm³/mol. The van der Waals surface area contributed by atoms with Gasteiger partial charge in [-0.05, 0) is 109 Å². The Labute approximate surface area is 272 Å². The highest BCUT2D eigenvalue weighted by Gasteiger charge is 2.21. The molecule has 46 heavy (non-hydrogen) atoms. The molecule has 0 unspecified atom stereocenters. The minimum absolute atomic E-state index is 0.0181. The lowest BCUT2D eigenvalue weighted by Crippen LogP contribution is -2.35. The number of aromatic hydroxyl groups is 1. The summed E-state index contributed by atoms with van der Waals surface area (Å²) in [6.07, 6.45) is 5.16. The van der Waals surface area contributed by atoms with Gasteiger partial charge >= 0.3 is 0 Å². The number of nitrogens with one attached hydrogen (secondary N) is 1. The van der Waals surface area contributed by atoms with E-state index in [1.165, 1.54) is 0 Å². The third-order valence-corrected chi connectivity index (χ3v) is 8.91. The first-order valence-electron chi connectivity index (χ1n) is 16.3. The van der Waals surface area contributed by atoms with Gasteiger partial charge in [0.1, 0.15) is 12.4 Å². The van der Waals surface area contributed by atoms with Crippen LogP contribution in [0, 0.1) is 11.8 Å². The normalized spacial score (nSPS) is 16.1. The van der Waals surface area contributed by atoms with Crippen molar-refractivity contribution in [3.05, 3.63) is 125 Å². The molecule has 1 aliphatic carbocycles. The van der Waals surface area contributed by atoms with E-state index >= 15 is 0 Å². The van der Waals surface area contributed by atoms with Gasteiger partial charge in [0.05, 0.1) is 6.61 Å². The molecule has 240 valence electrons. The fraction of sp³-hybridized carbons (Fsp3) is 0.333. The van der Waals surface area contributed by atoms with E-state index in [0.29, 0.717) is 50.1 Å². The van der Waals surface area contributed by atoms with Crippen LogP contribution in [0.1, 0.15) is 52.7 Å². The number of nitrogens with zero attached hydrogens (tertiary/aromatic N) is 1. The highest BCUT2D eigenvalue weighted by atomic mass is 16.5. The Hall–Kier alpha value is -4.46. The first kappa shape index (κ1) is 32.9. The van der Waals surface area contributed by atoms with Crippen molar-refractivity contribution in [3.63, 3.8) is 0 Å². The molecule has 2 amide bonds. The van der Waals surface area contributed by atoms with Crippen LogP contribution >= 0.6 is 0 Å². The van der Waals surface area contributed by atoms with Crippen LogP contribution in [0.5, 0.6) is 5.75 Å². The average molecular weight is 620 g/mol. The highest BCUT2D eigenvalue weighted by molar-refractivity contribution is 5.95. The second-order valence-electron chi connectivity index (χ2n) is 12.3. The molecule has 1 aliphatic rings. The summed E-state index contributed by atoms with van der Waals surface area (Å²) in [4.78, 5) is 28.3. The molecule has 1 saturated carbocycles. The first-order chi connectivity index (χ1) is 22.5. The van der Waals surface area contributed by atoms with Crippen LogP contribution in [0.25, 0.3) is 11.1 Å². The Morgan fingerprint density at radius 3 is 2.20 bits per heavy atom. The van der Waals surface area contributed by atoms with Gasteiger partial charge in [-0.25, -0.2) is 0 Å². The van der Waals surface area contributed by atoms with E-state index in [0.717, 1.165) is 60.0 Å². The fourth-order valence-electron chi connectivity index (χ4n) is 6.06. The van der Waals surface area contributed by atoms with E-state index < -0.39 is 0 Å². The van der Waals surface area contributed by atoms with Crippen LogP contribution < -0.4 is 11.1 Å². The SMILES string of the molecule is NCC1CCC(CNC(=O)c2cccc(-c3cccc(CN(CCc4ccc(O)cc4)C(=O)COCc4ccccc4)c3)c2)CC1. The maximum atomic E-state index is 13.4. The molecule has 4 aromatic carbocycles. The zero-order valence-electron chi connectivity index (χ0n) is 26.4. The fourth-order valence-corrected chi connectivity index (χ4v) is 6.06. The predicted octanol–water partition coefficient (Wildman–Crippen LogP) is 6.34. The third-order valence-electron chi connectivity index (χ3n) is 8.91. The number of nitrogens with two attached hydrogens (primary N) is 1. The van der Waals surface area contributed by atoms with Crippen molar-refractivity contribution in [2.75, 3.05) is 26.2 Å². The molecular formula is C39H45N3O4. The molecule has 0 aliphatic heterocycles. The molecule has 0 atom stereocenters. The lowest BCUT2D eigenvalue weighted by molar-refractivity contribution is -0.137. The monoisotopic (exact) mass is 619 g/mol. The molecule has 7 nitrogen and oxygen atoms in total. The highest BCUT2D eigenvalue weighted by Crippen LogP contribution is 2.28. The number of carbonyl (C=O) groups excluding carboxylic acids is 2. The molecule has 4 N–H and O–H groups in total. The van der Waals surface area contributed by atoms with Crippen LogP contribution in [0.3, 0.4) is 0 Å². The van der Waals surface area contributed by atoms with E-state index in [2.05, 4.69) is 11.4 Å². The first-order valence-corrected chi connectivity index (χ1v) is 16.3. The van der Waals surface area contributed by atoms with Gasteiger partial charge < -0.3 is 25.8 Å². The van der Waals surface area contributed by atoms with Crippen molar-refractivity contribution >= 4 is 11.8 Å². The molecule has 0 heterocycles. The van der Waals surface area contributed by atoms with E-state index in [1.54, 1.807) is 12.1 Å². The van der Waals surface area contributed by atoms with Gasteiger partial charge in [0, 0.05) is 25.2 Å². The Morgan fingerprint density at radius 1 is 0.783 bits per heavy atom. The minimum atomic E-state index is -0.0877. The smallest absolute Gasteiger partial charge is 0.251 e. The quantitative estimate of drug-likeness (QED) is 0.153. The summed E-state index contributed by atoms with van der Waals surface area (Å²) in [5.74, 6) is 1.21. The molecule has 0 aromatic heterocycles. The lowest BCUT2D eigenvalue weighted by Gasteiger charge is -2.27. The number of phenols is 1. The van der Waals surface area contributed by atoms with Crippen molar-refractivity contribution in [1.82, 2.24) is 10.2 Å². The van der Waals surface area contributed by atoms with Gasteiger partial charge in [0.2, 0.25) is 5.91 Å². The van der Waals surface area contributed by atoms with E-state index in [4.69, 9.17) is 10.5 Å². The lowest BCUT2D eigenvalue weighted by atomic mass is 9.82. The van der Waals surface area contributed by atoms with Gasteiger partial charge in [-0.15, -0.1) is 0 Å². The summed E-state index contributed by atoms with van der Waals surface area (Å²) in [5, 5.41) is 12.8. The molecular weight excluding hydrogens is 574 g/mol. The van der Waals surface area contributed by atoms with Crippen LogP contribution in [0.2, 0.25) is 0 Å². The zero-order valence-corrected chi connectivity index (χ0v) is 26.4. The number of benzene rings is 4. The van der Waals surface area contributed by atoms with E-state index in [1.807, 2.05) is 89.8 Å². The minimum Gasteiger partial charge on any atom is -0.508 e. The summed E-state index contributed by atoms with van der Waals surface area (Å²) in [7, 11) is 0. The maximum Gasteiger partial charge on any atom is 0.251 e. The van der Waals surface area contributed by atoms with Gasteiger partial charge in [0.25, 0.3) is 5.91 Å². The molecule has 7 heteroatoms. The number of rotatable bonds is 14. The Morgan fingerprint density at radius 2 is 1.46 bits per heavy atom. The molecule has 0 bridgehead atoms. The number of ether oxygens (including phenoxy) is 1. The molecule has 5 rings (SSSR count). The standard InChI is InChI=1S/C39H45N3O4/c40-24-30-12-14-31(15-13-30)25-41-39(45)36-11-5-10-35(23-36)34-9-4-8-33(22-34)26-42(21-20-29-16-18-37(43)19-17-29)38(44)28-46-27-32-6-2-1-3-7-32/h1-11,16-19,22-23,30-31,43H,12-15,20-21,24-28,40H2,(H,41,45). The number of phenolic OH excluding ortho intramolecular Hbond substituents is 1. The van der Waals surface area contributed by atoms with Crippen molar-refractivity contribution in [3.8, 4) is 16.9 Å². The number of hydrogen-bond donors (Lipinski definition) is 3. The summed E-state index contributed by atoms with van der Waals surface area (Å²) in [5.41, 5.74) is 11.4. The number of hydrogen-bond acceptors (Lipinski definition) is 5. The van der Waals surface area contributed by atoms with Crippen LogP contribution in [0.15, 0.2) is 103 Å². The maximum absolute atomic E-state index is 13.4. The van der Waals surface area contributed by atoms with Gasteiger partial charge in [-0.1, -0.05) is 72.8 Å². The van der Waals surface area contributed by atoms with Crippen LogP contribution in [-0.2, 0) is 29.1 Å². The second-order valence-corrected chi connectivity index (χ2v) is 12.3. The molecule has 1 fully saturated rings. The van der Waals surface area contributed by atoms with Crippen LogP contribution in [0.4, 0.5) is 0 Å². The Kier molecular flexibility index (Phi) is 12.0. The Balaban J connectivity index is 1.23. The average Bonchev–Trinajstić information content (AvgIpc) is 3.10. The van der Waals surface area contributed by atoms with Crippen molar-refractivity contribution < 1.29 is 19.4 Å². The zero-order chi connectivity index (χ0) is 32.1. The summed E-state index contributed by atoms with van der Waals surface area (Å²) in [6.45, 7) is 2.73. The topological polar surface area (TPSA) is 105 Å². The van der Waals surface area contributed by atoms with E-state index in [9.17, 15) is 14.7 Å². The molecule has 0 radical (unpaired) electrons. The largest absolute Gasteiger partial charge is 0.508 e. The van der Waals surface area contributed by atoms with Crippen LogP contribution in [-0.4, -0.2) is 48.1 Å². The summed E-state index contributed by atoms with van der Waals surface area (Å²) < 4.78 is 5.80. The summed E-state index contributed by atoms with van der Waals surface area (Å²) >= 11 is 0. The molecule has 4 aromatic rings. The van der Waals surface area contributed by atoms with Crippen molar-refractivity contribution in [1.29, 1.82) is 0 Å². The molecule has 0 saturated heterocycles.